The Morgan fingerprint density at radius 1 is 1.00 bits per heavy atom. The molecule has 0 radical (unpaired) electrons. The smallest absolute Gasteiger partial charge is 0.323 e. The quantitative estimate of drug-likeness (QED) is 0.566. The number of methoxy groups -OCH3 is 2. The van der Waals surface area contributed by atoms with Crippen molar-refractivity contribution in [3.63, 3.8) is 0 Å². The lowest BCUT2D eigenvalue weighted by Gasteiger charge is -2.22. The van der Waals surface area contributed by atoms with Gasteiger partial charge in [0, 0.05) is 6.42 Å². The summed E-state index contributed by atoms with van der Waals surface area (Å²) in [5.41, 5.74) is 1.59. The highest BCUT2D eigenvalue weighted by Gasteiger charge is 2.54. The Kier molecular flexibility index (Phi) is 4.51. The summed E-state index contributed by atoms with van der Waals surface area (Å²) in [5, 5.41) is 0. The summed E-state index contributed by atoms with van der Waals surface area (Å²) in [6.07, 6.45) is 0.290. The molecule has 0 spiro atoms. The second-order valence-corrected chi connectivity index (χ2v) is 5.70. The highest BCUT2D eigenvalue weighted by molar-refractivity contribution is 6.04. The van der Waals surface area contributed by atoms with Gasteiger partial charge in [-0.1, -0.05) is 0 Å². The molecule has 1 aliphatic heterocycles. The molecule has 2 aliphatic rings. The van der Waals surface area contributed by atoms with E-state index in [0.717, 1.165) is 16.7 Å². The van der Waals surface area contributed by atoms with Gasteiger partial charge in [0.05, 0.1) is 20.8 Å². The van der Waals surface area contributed by atoms with Gasteiger partial charge in [-0.2, -0.15) is 0 Å². The molecule has 1 fully saturated rings. The van der Waals surface area contributed by atoms with Crippen LogP contribution in [0.2, 0.25) is 0 Å². The standard InChI is InChI=1S/C16H20O6/c1-9-7-22-8-13(17)10(2)12-6-16(5-11(9)12,14(18)20-3)15(19)21-4/h5-8H2,1-4H3/b11-9-,12-10-. The fraction of sp³-hybridized carbons (Fsp3) is 0.562. The lowest BCUT2D eigenvalue weighted by molar-refractivity contribution is -0.168. The van der Waals surface area contributed by atoms with Crippen molar-refractivity contribution in [2.24, 2.45) is 5.41 Å². The molecule has 0 N–H and O–H groups in total. The Morgan fingerprint density at radius 3 is 2.09 bits per heavy atom. The van der Waals surface area contributed by atoms with Crippen LogP contribution in [-0.4, -0.2) is 45.2 Å². The zero-order valence-corrected chi connectivity index (χ0v) is 13.3. The number of fused-ring (bicyclic) bond motifs is 1. The number of carbonyl (C=O) groups is 3. The van der Waals surface area contributed by atoms with Crippen LogP contribution in [0, 0.1) is 5.41 Å². The first-order valence-electron chi connectivity index (χ1n) is 7.04. The van der Waals surface area contributed by atoms with Gasteiger partial charge in [-0.15, -0.1) is 0 Å². The maximum absolute atomic E-state index is 12.3. The molecule has 6 nitrogen and oxygen atoms in total. The first-order valence-corrected chi connectivity index (χ1v) is 7.04. The lowest BCUT2D eigenvalue weighted by Crippen LogP contribution is -2.38. The maximum atomic E-state index is 12.3. The molecule has 120 valence electrons. The van der Waals surface area contributed by atoms with Gasteiger partial charge in [0.25, 0.3) is 0 Å². The van der Waals surface area contributed by atoms with E-state index in [1.807, 2.05) is 6.92 Å². The number of esters is 2. The third-order valence-electron chi connectivity index (χ3n) is 4.41. The third kappa shape index (κ3) is 2.47. The number of allylic oxidation sites excluding steroid dienone is 2. The van der Waals surface area contributed by atoms with Crippen LogP contribution in [0.1, 0.15) is 26.7 Å². The molecule has 0 aromatic carbocycles. The second-order valence-electron chi connectivity index (χ2n) is 5.70. The minimum atomic E-state index is -1.42. The van der Waals surface area contributed by atoms with E-state index in [4.69, 9.17) is 14.2 Å². The van der Waals surface area contributed by atoms with Gasteiger partial charge in [0.2, 0.25) is 0 Å². The molecule has 0 bridgehead atoms. The summed E-state index contributed by atoms with van der Waals surface area (Å²) in [4.78, 5) is 36.6. The monoisotopic (exact) mass is 308 g/mol. The zero-order valence-electron chi connectivity index (χ0n) is 13.3. The Bertz CT molecular complexity index is 580. The van der Waals surface area contributed by atoms with Gasteiger partial charge in [0.1, 0.15) is 6.61 Å². The van der Waals surface area contributed by atoms with Gasteiger partial charge in [-0.25, -0.2) is 0 Å². The summed E-state index contributed by atoms with van der Waals surface area (Å²) in [5.74, 6) is -1.41. The van der Waals surface area contributed by atoms with E-state index in [2.05, 4.69) is 0 Å². The second kappa shape index (κ2) is 6.04. The van der Waals surface area contributed by atoms with Crippen LogP contribution in [-0.2, 0) is 28.6 Å². The van der Waals surface area contributed by atoms with Gasteiger partial charge in [-0.3, -0.25) is 14.4 Å². The lowest BCUT2D eigenvalue weighted by atomic mass is 9.85. The third-order valence-corrected chi connectivity index (χ3v) is 4.41. The number of ether oxygens (including phenoxy) is 3. The molecule has 22 heavy (non-hydrogen) atoms. The van der Waals surface area contributed by atoms with E-state index in [9.17, 15) is 14.4 Å². The number of hydrogen-bond donors (Lipinski definition) is 0. The Hall–Kier alpha value is -1.95. The number of carbonyl (C=O) groups excluding carboxylic acids is 3. The Labute approximate surface area is 129 Å². The highest BCUT2D eigenvalue weighted by Crippen LogP contribution is 2.49. The fourth-order valence-corrected chi connectivity index (χ4v) is 3.07. The number of hydrogen-bond acceptors (Lipinski definition) is 6. The fourth-order valence-electron chi connectivity index (χ4n) is 3.07. The van der Waals surface area contributed by atoms with Crippen molar-refractivity contribution in [2.45, 2.75) is 26.7 Å². The zero-order chi connectivity index (χ0) is 16.5. The average Bonchev–Trinajstić information content (AvgIpc) is 2.93. The molecular weight excluding hydrogens is 288 g/mol. The van der Waals surface area contributed by atoms with Crippen LogP contribution >= 0.6 is 0 Å². The normalized spacial score (nSPS) is 27.7. The number of rotatable bonds is 2. The Morgan fingerprint density at radius 2 is 1.55 bits per heavy atom. The van der Waals surface area contributed by atoms with E-state index in [0.29, 0.717) is 12.2 Å². The van der Waals surface area contributed by atoms with Crippen LogP contribution in [0.25, 0.3) is 0 Å². The summed E-state index contributed by atoms with van der Waals surface area (Å²) < 4.78 is 15.0. The van der Waals surface area contributed by atoms with Crippen LogP contribution in [0.5, 0.6) is 0 Å². The highest BCUT2D eigenvalue weighted by atomic mass is 16.5. The topological polar surface area (TPSA) is 78.9 Å². The van der Waals surface area contributed by atoms with Crippen molar-refractivity contribution in [3.05, 3.63) is 22.3 Å². The average molecular weight is 308 g/mol. The summed E-state index contributed by atoms with van der Waals surface area (Å²) in [6.45, 7) is 3.88. The van der Waals surface area contributed by atoms with E-state index in [1.54, 1.807) is 6.92 Å². The van der Waals surface area contributed by atoms with Gasteiger partial charge in [0.15, 0.2) is 11.2 Å². The molecule has 0 atom stereocenters. The molecule has 0 aromatic heterocycles. The number of ketones is 1. The molecule has 0 aromatic rings. The SMILES string of the molecule is COC(=O)C1(C(=O)OC)CC2=C(\C)COCC(=O)/C(C)=C\2C1. The molecule has 6 heteroatoms. The van der Waals surface area contributed by atoms with Crippen molar-refractivity contribution in [1.82, 2.24) is 0 Å². The largest absolute Gasteiger partial charge is 0.468 e. The first-order chi connectivity index (χ1) is 10.4. The molecule has 1 aliphatic carbocycles. The van der Waals surface area contributed by atoms with E-state index in [1.165, 1.54) is 14.2 Å². The molecule has 0 saturated heterocycles. The first kappa shape index (κ1) is 16.4. The van der Waals surface area contributed by atoms with Crippen molar-refractivity contribution >= 4 is 17.7 Å². The van der Waals surface area contributed by atoms with Crippen molar-refractivity contribution in [3.8, 4) is 0 Å². The van der Waals surface area contributed by atoms with Crippen molar-refractivity contribution in [2.75, 3.05) is 27.4 Å². The number of Topliss-reactive ketones (excluding diaryl/α,β-unsaturated/α-hetero) is 1. The minimum absolute atomic E-state index is 0.00337. The summed E-state index contributed by atoms with van der Waals surface area (Å²) in [7, 11) is 2.48. The van der Waals surface area contributed by atoms with Gasteiger partial charge >= 0.3 is 11.9 Å². The minimum Gasteiger partial charge on any atom is -0.468 e. The summed E-state index contributed by atoms with van der Waals surface area (Å²) >= 11 is 0. The molecular formula is C16H20O6. The molecule has 2 rings (SSSR count). The molecule has 1 saturated carbocycles. The molecule has 0 unspecified atom stereocenters. The maximum Gasteiger partial charge on any atom is 0.323 e. The van der Waals surface area contributed by atoms with Crippen LogP contribution in [0.15, 0.2) is 22.3 Å². The van der Waals surface area contributed by atoms with Crippen LogP contribution in [0.3, 0.4) is 0 Å². The predicted molar refractivity (Wildman–Crippen MR) is 76.9 cm³/mol. The van der Waals surface area contributed by atoms with E-state index in [-0.39, 0.29) is 25.2 Å². The van der Waals surface area contributed by atoms with Crippen LogP contribution in [0.4, 0.5) is 0 Å². The predicted octanol–water partition coefficient (Wildman–Crippen LogP) is 1.34. The Balaban J connectivity index is 2.61. The van der Waals surface area contributed by atoms with Crippen LogP contribution < -0.4 is 0 Å². The van der Waals surface area contributed by atoms with E-state index < -0.39 is 17.4 Å². The molecule has 0 amide bonds. The van der Waals surface area contributed by atoms with Gasteiger partial charge < -0.3 is 14.2 Å². The van der Waals surface area contributed by atoms with Crippen molar-refractivity contribution in [1.29, 1.82) is 0 Å². The van der Waals surface area contributed by atoms with E-state index >= 15 is 0 Å². The van der Waals surface area contributed by atoms with Crippen molar-refractivity contribution < 1.29 is 28.6 Å². The van der Waals surface area contributed by atoms with Gasteiger partial charge in [-0.05, 0) is 42.6 Å². The summed E-state index contributed by atoms with van der Waals surface area (Å²) in [6, 6.07) is 0. The molecule has 1 heterocycles.